The van der Waals surface area contributed by atoms with Crippen molar-refractivity contribution in [3.63, 3.8) is 0 Å². The molecule has 0 radical (unpaired) electrons. The Morgan fingerprint density at radius 3 is 2.24 bits per heavy atom. The lowest BCUT2D eigenvalue weighted by Crippen LogP contribution is -2.41. The Bertz CT molecular complexity index is 683. The smallest absolute Gasteiger partial charge is 0.320 e. The van der Waals surface area contributed by atoms with Crippen LogP contribution in [0.15, 0.2) is 24.3 Å². The van der Waals surface area contributed by atoms with Crippen LogP contribution in [0, 0.1) is 5.92 Å². The first-order chi connectivity index (χ1) is 11.6. The van der Waals surface area contributed by atoms with Crippen molar-refractivity contribution in [2.45, 2.75) is 38.6 Å². The van der Waals surface area contributed by atoms with Gasteiger partial charge in [-0.15, -0.1) is 0 Å². The maximum Gasteiger partial charge on any atom is 0.320 e. The molecule has 1 atom stereocenters. The highest BCUT2D eigenvalue weighted by Gasteiger charge is 2.18. The highest BCUT2D eigenvalue weighted by molar-refractivity contribution is 7.91. The number of sulfone groups is 1. The SMILES string of the molecule is COC(=O)CS(=O)(=O)Cc1ccc(CNC(=O)[C@@H](N)CC(C)C)cc1. The number of rotatable bonds is 9. The zero-order valence-electron chi connectivity index (χ0n) is 14.8. The molecule has 1 rings (SSSR count). The molecule has 1 aromatic rings. The quantitative estimate of drug-likeness (QED) is 0.620. The molecule has 7 nitrogen and oxygen atoms in total. The second-order valence-electron chi connectivity index (χ2n) is 6.38. The third kappa shape index (κ3) is 8.13. The Labute approximate surface area is 148 Å². The Morgan fingerprint density at radius 2 is 1.72 bits per heavy atom. The van der Waals surface area contributed by atoms with Gasteiger partial charge in [0, 0.05) is 6.54 Å². The maximum atomic E-state index is 11.9. The number of benzene rings is 1. The minimum Gasteiger partial charge on any atom is -0.468 e. The van der Waals surface area contributed by atoms with E-state index in [1.165, 1.54) is 0 Å². The van der Waals surface area contributed by atoms with Crippen LogP contribution in [-0.4, -0.2) is 39.2 Å². The number of nitrogens with two attached hydrogens (primary N) is 1. The Kier molecular flexibility index (Phi) is 8.05. The lowest BCUT2D eigenvalue weighted by Gasteiger charge is -2.14. The van der Waals surface area contributed by atoms with E-state index in [0.717, 1.165) is 12.7 Å². The van der Waals surface area contributed by atoms with Crippen molar-refractivity contribution in [3.05, 3.63) is 35.4 Å². The molecule has 8 heteroatoms. The topological polar surface area (TPSA) is 116 Å². The summed E-state index contributed by atoms with van der Waals surface area (Å²) >= 11 is 0. The first kappa shape index (κ1) is 21.1. The lowest BCUT2D eigenvalue weighted by molar-refractivity contribution is -0.137. The molecule has 0 saturated carbocycles. The fraction of sp³-hybridized carbons (Fsp3) is 0.529. The van der Waals surface area contributed by atoms with Crippen molar-refractivity contribution in [1.82, 2.24) is 5.32 Å². The molecule has 0 bridgehead atoms. The van der Waals surface area contributed by atoms with E-state index in [0.29, 0.717) is 24.4 Å². The van der Waals surface area contributed by atoms with Crippen molar-refractivity contribution in [2.24, 2.45) is 11.7 Å². The van der Waals surface area contributed by atoms with Gasteiger partial charge in [-0.3, -0.25) is 9.59 Å². The van der Waals surface area contributed by atoms with E-state index in [2.05, 4.69) is 10.1 Å². The molecule has 1 amide bonds. The molecule has 0 unspecified atom stereocenters. The van der Waals surface area contributed by atoms with Gasteiger partial charge < -0.3 is 15.8 Å². The Balaban J connectivity index is 2.56. The number of amides is 1. The van der Waals surface area contributed by atoms with Gasteiger partial charge in [0.2, 0.25) is 5.91 Å². The molecule has 3 N–H and O–H groups in total. The van der Waals surface area contributed by atoms with E-state index < -0.39 is 27.6 Å². The van der Waals surface area contributed by atoms with Gasteiger partial charge in [-0.05, 0) is 23.5 Å². The monoisotopic (exact) mass is 370 g/mol. The van der Waals surface area contributed by atoms with Crippen LogP contribution in [0.2, 0.25) is 0 Å². The molecule has 140 valence electrons. The summed E-state index contributed by atoms with van der Waals surface area (Å²) in [5.41, 5.74) is 7.21. The molecule has 0 fully saturated rings. The van der Waals surface area contributed by atoms with Crippen LogP contribution in [0.5, 0.6) is 0 Å². The summed E-state index contributed by atoms with van der Waals surface area (Å²) < 4.78 is 28.1. The van der Waals surface area contributed by atoms with Crippen molar-refractivity contribution in [2.75, 3.05) is 12.9 Å². The van der Waals surface area contributed by atoms with Crippen molar-refractivity contribution in [1.29, 1.82) is 0 Å². The van der Waals surface area contributed by atoms with Crippen LogP contribution in [0.25, 0.3) is 0 Å². The van der Waals surface area contributed by atoms with Gasteiger partial charge >= 0.3 is 5.97 Å². The van der Waals surface area contributed by atoms with Gasteiger partial charge in [0.1, 0.15) is 5.75 Å². The molecule has 1 aromatic carbocycles. The van der Waals surface area contributed by atoms with Gasteiger partial charge in [0.15, 0.2) is 9.84 Å². The van der Waals surface area contributed by atoms with Crippen molar-refractivity contribution < 1.29 is 22.7 Å². The summed E-state index contributed by atoms with van der Waals surface area (Å²) in [6, 6.07) is 6.24. The third-order valence-corrected chi connectivity index (χ3v) is 4.95. The Hall–Kier alpha value is -1.93. The molecular formula is C17H26N2O5S. The highest BCUT2D eigenvalue weighted by atomic mass is 32.2. The first-order valence-corrected chi connectivity index (χ1v) is 9.83. The molecule has 0 aromatic heterocycles. The normalized spacial score (nSPS) is 12.7. The molecule has 0 heterocycles. The predicted octanol–water partition coefficient (Wildman–Crippen LogP) is 0.764. The average molecular weight is 370 g/mol. The number of methoxy groups -OCH3 is 1. The van der Waals surface area contributed by atoms with Crippen LogP contribution >= 0.6 is 0 Å². The van der Waals surface area contributed by atoms with Gasteiger partial charge in [0.05, 0.1) is 18.9 Å². The van der Waals surface area contributed by atoms with Gasteiger partial charge in [0.25, 0.3) is 0 Å². The number of carbonyl (C=O) groups excluding carboxylic acids is 2. The second-order valence-corrected chi connectivity index (χ2v) is 8.44. The summed E-state index contributed by atoms with van der Waals surface area (Å²) in [5.74, 6) is -1.54. The van der Waals surface area contributed by atoms with Crippen LogP contribution in [-0.2, 0) is 36.5 Å². The third-order valence-electron chi connectivity index (χ3n) is 3.50. The van der Waals surface area contributed by atoms with E-state index >= 15 is 0 Å². The minimum atomic E-state index is -3.57. The molecule has 0 spiro atoms. The largest absolute Gasteiger partial charge is 0.468 e. The van der Waals surface area contributed by atoms with Crippen molar-refractivity contribution >= 4 is 21.7 Å². The van der Waals surface area contributed by atoms with Crippen molar-refractivity contribution in [3.8, 4) is 0 Å². The summed E-state index contributed by atoms with van der Waals surface area (Å²) in [4.78, 5) is 23.0. The number of esters is 1. The van der Waals surface area contributed by atoms with E-state index in [4.69, 9.17) is 5.73 Å². The number of hydrogen-bond donors (Lipinski definition) is 2. The second kappa shape index (κ2) is 9.53. The molecule has 0 saturated heterocycles. The number of hydrogen-bond acceptors (Lipinski definition) is 6. The van der Waals surface area contributed by atoms with E-state index in [-0.39, 0.29) is 11.7 Å². The summed E-state index contributed by atoms with van der Waals surface area (Å²) in [6.45, 7) is 4.32. The van der Waals surface area contributed by atoms with Crippen LogP contribution in [0.3, 0.4) is 0 Å². The highest BCUT2D eigenvalue weighted by Crippen LogP contribution is 2.10. The minimum absolute atomic E-state index is 0.210. The molecule has 0 aliphatic heterocycles. The molecule has 25 heavy (non-hydrogen) atoms. The van der Waals surface area contributed by atoms with E-state index in [1.54, 1.807) is 24.3 Å². The standard InChI is InChI=1S/C17H26N2O5S/c1-12(2)8-15(18)17(21)19-9-13-4-6-14(7-5-13)10-25(22,23)11-16(20)24-3/h4-7,12,15H,8-11,18H2,1-3H3,(H,19,21)/t15-/m0/s1. The first-order valence-electron chi connectivity index (χ1n) is 8.01. The average Bonchev–Trinajstić information content (AvgIpc) is 2.52. The van der Waals surface area contributed by atoms with Crippen LogP contribution in [0.1, 0.15) is 31.4 Å². The van der Waals surface area contributed by atoms with E-state index in [1.807, 2.05) is 13.8 Å². The zero-order valence-corrected chi connectivity index (χ0v) is 15.6. The van der Waals surface area contributed by atoms with Crippen LogP contribution < -0.4 is 11.1 Å². The predicted molar refractivity (Wildman–Crippen MR) is 95.2 cm³/mol. The summed E-state index contributed by atoms with van der Waals surface area (Å²) in [5, 5.41) is 2.76. The number of nitrogens with one attached hydrogen (secondary N) is 1. The summed E-state index contributed by atoms with van der Waals surface area (Å²) in [6.07, 6.45) is 0.614. The van der Waals surface area contributed by atoms with Gasteiger partial charge in [-0.1, -0.05) is 38.1 Å². The van der Waals surface area contributed by atoms with Gasteiger partial charge in [-0.2, -0.15) is 0 Å². The Morgan fingerprint density at radius 1 is 1.16 bits per heavy atom. The van der Waals surface area contributed by atoms with Crippen LogP contribution in [0.4, 0.5) is 0 Å². The van der Waals surface area contributed by atoms with Gasteiger partial charge in [-0.25, -0.2) is 8.42 Å². The zero-order chi connectivity index (χ0) is 19.0. The number of ether oxygens (including phenoxy) is 1. The lowest BCUT2D eigenvalue weighted by atomic mass is 10.0. The molecule has 0 aliphatic rings. The molecule has 0 aliphatic carbocycles. The fourth-order valence-corrected chi connectivity index (χ4v) is 3.51. The fourth-order valence-electron chi connectivity index (χ4n) is 2.23. The van der Waals surface area contributed by atoms with E-state index in [9.17, 15) is 18.0 Å². The number of carbonyl (C=O) groups is 2. The molecular weight excluding hydrogens is 344 g/mol. The summed E-state index contributed by atoms with van der Waals surface area (Å²) in [7, 11) is -2.42. The maximum absolute atomic E-state index is 11.9.